The minimum Gasteiger partial charge on any atom is -0.497 e. The molecule has 36 heavy (non-hydrogen) atoms. The van der Waals surface area contributed by atoms with E-state index >= 15 is 0 Å². The van der Waals surface area contributed by atoms with Crippen molar-refractivity contribution in [3.63, 3.8) is 0 Å². The summed E-state index contributed by atoms with van der Waals surface area (Å²) in [6.45, 7) is 4.02. The Morgan fingerprint density at radius 1 is 0.833 bits per heavy atom. The molecule has 0 unspecified atom stereocenters. The molecule has 1 saturated heterocycles. The summed E-state index contributed by atoms with van der Waals surface area (Å²) in [4.78, 5) is 23.2. The summed E-state index contributed by atoms with van der Waals surface area (Å²) >= 11 is 0. The SMILES string of the molecule is COc1ccc(-c2noc(CN3CCN(c4nc(-c5cccnc5)nc5ccccc45)CC3)n2)cc1. The molecular formula is C27H25N7O2. The Bertz CT molecular complexity index is 1460. The van der Waals surface area contributed by atoms with Crippen LogP contribution in [0.2, 0.25) is 0 Å². The third-order valence-corrected chi connectivity index (χ3v) is 6.35. The van der Waals surface area contributed by atoms with Crippen LogP contribution in [0.15, 0.2) is 77.6 Å². The molecule has 0 saturated carbocycles. The van der Waals surface area contributed by atoms with Crippen molar-refractivity contribution in [3.05, 3.63) is 78.9 Å². The lowest BCUT2D eigenvalue weighted by molar-refractivity contribution is 0.215. The summed E-state index contributed by atoms with van der Waals surface area (Å²) < 4.78 is 10.8. The maximum Gasteiger partial charge on any atom is 0.241 e. The average Bonchev–Trinajstić information content (AvgIpc) is 3.42. The molecule has 2 aromatic carbocycles. The van der Waals surface area contributed by atoms with Gasteiger partial charge in [-0.2, -0.15) is 4.98 Å². The van der Waals surface area contributed by atoms with Crippen LogP contribution in [0.5, 0.6) is 5.75 Å². The Balaban J connectivity index is 1.16. The fraction of sp³-hybridized carbons (Fsp3) is 0.222. The van der Waals surface area contributed by atoms with Gasteiger partial charge in [-0.05, 0) is 48.5 Å². The van der Waals surface area contributed by atoms with Crippen LogP contribution in [-0.2, 0) is 6.54 Å². The lowest BCUT2D eigenvalue weighted by Crippen LogP contribution is -2.46. The van der Waals surface area contributed by atoms with Gasteiger partial charge in [-0.1, -0.05) is 17.3 Å². The number of hydrogen-bond acceptors (Lipinski definition) is 9. The highest BCUT2D eigenvalue weighted by molar-refractivity contribution is 5.91. The van der Waals surface area contributed by atoms with Crippen molar-refractivity contribution in [2.75, 3.05) is 38.2 Å². The number of aromatic nitrogens is 5. The number of fused-ring (bicyclic) bond motifs is 1. The molecule has 0 N–H and O–H groups in total. The second-order valence-electron chi connectivity index (χ2n) is 8.63. The van der Waals surface area contributed by atoms with Crippen molar-refractivity contribution < 1.29 is 9.26 Å². The van der Waals surface area contributed by atoms with Crippen LogP contribution in [0.4, 0.5) is 5.82 Å². The van der Waals surface area contributed by atoms with E-state index < -0.39 is 0 Å². The van der Waals surface area contributed by atoms with Crippen LogP contribution in [0.25, 0.3) is 33.7 Å². The zero-order chi connectivity index (χ0) is 24.3. The number of para-hydroxylation sites is 1. The van der Waals surface area contributed by atoms with Crippen molar-refractivity contribution in [3.8, 4) is 28.5 Å². The molecule has 0 aliphatic carbocycles. The average molecular weight is 480 g/mol. The van der Waals surface area contributed by atoms with Gasteiger partial charge in [-0.25, -0.2) is 9.97 Å². The maximum atomic E-state index is 5.54. The molecule has 1 aliphatic heterocycles. The van der Waals surface area contributed by atoms with Crippen LogP contribution >= 0.6 is 0 Å². The van der Waals surface area contributed by atoms with Crippen LogP contribution in [-0.4, -0.2) is 63.3 Å². The number of ether oxygens (including phenoxy) is 1. The number of benzene rings is 2. The molecule has 0 radical (unpaired) electrons. The van der Waals surface area contributed by atoms with Crippen molar-refractivity contribution in [2.24, 2.45) is 0 Å². The van der Waals surface area contributed by atoms with Gasteiger partial charge in [0.1, 0.15) is 11.6 Å². The minimum absolute atomic E-state index is 0.585. The summed E-state index contributed by atoms with van der Waals surface area (Å²) in [5, 5.41) is 5.21. The molecule has 5 aromatic rings. The first-order chi connectivity index (χ1) is 17.8. The van der Waals surface area contributed by atoms with Gasteiger partial charge in [-0.15, -0.1) is 0 Å². The quantitative estimate of drug-likeness (QED) is 0.357. The van der Waals surface area contributed by atoms with Gasteiger partial charge in [0.15, 0.2) is 5.82 Å². The highest BCUT2D eigenvalue weighted by atomic mass is 16.5. The van der Waals surface area contributed by atoms with E-state index in [-0.39, 0.29) is 0 Å². The third-order valence-electron chi connectivity index (χ3n) is 6.35. The van der Waals surface area contributed by atoms with E-state index in [9.17, 15) is 0 Å². The summed E-state index contributed by atoms with van der Waals surface area (Å²) in [5.41, 5.74) is 2.74. The van der Waals surface area contributed by atoms with E-state index in [1.165, 1.54) is 0 Å². The predicted octanol–water partition coefficient (Wildman–Crippen LogP) is 4.07. The number of piperazine rings is 1. The van der Waals surface area contributed by atoms with Crippen LogP contribution in [0.3, 0.4) is 0 Å². The number of rotatable bonds is 6. The van der Waals surface area contributed by atoms with Gasteiger partial charge < -0.3 is 14.2 Å². The zero-order valence-electron chi connectivity index (χ0n) is 19.9. The van der Waals surface area contributed by atoms with E-state index in [2.05, 4.69) is 31.0 Å². The summed E-state index contributed by atoms with van der Waals surface area (Å²) in [7, 11) is 1.65. The van der Waals surface area contributed by atoms with E-state index in [0.29, 0.717) is 24.1 Å². The van der Waals surface area contributed by atoms with Crippen LogP contribution < -0.4 is 9.64 Å². The molecule has 6 rings (SSSR count). The normalized spacial score (nSPS) is 14.3. The van der Waals surface area contributed by atoms with Crippen LogP contribution in [0, 0.1) is 0 Å². The second-order valence-corrected chi connectivity index (χ2v) is 8.63. The largest absolute Gasteiger partial charge is 0.497 e. The smallest absolute Gasteiger partial charge is 0.241 e. The van der Waals surface area contributed by atoms with Gasteiger partial charge in [0.2, 0.25) is 11.7 Å². The van der Waals surface area contributed by atoms with E-state index in [1.54, 1.807) is 19.5 Å². The fourth-order valence-electron chi connectivity index (χ4n) is 4.41. The van der Waals surface area contributed by atoms with Crippen molar-refractivity contribution in [1.29, 1.82) is 0 Å². The number of methoxy groups -OCH3 is 1. The number of nitrogens with zero attached hydrogens (tertiary/aromatic N) is 7. The van der Waals surface area contributed by atoms with Gasteiger partial charge in [0.05, 0.1) is 19.2 Å². The van der Waals surface area contributed by atoms with E-state index in [0.717, 1.165) is 59.8 Å². The fourth-order valence-corrected chi connectivity index (χ4v) is 4.41. The van der Waals surface area contributed by atoms with E-state index in [1.807, 2.05) is 54.6 Å². The lowest BCUT2D eigenvalue weighted by atomic mass is 10.2. The summed E-state index contributed by atoms with van der Waals surface area (Å²) in [6, 6.07) is 19.7. The third kappa shape index (κ3) is 4.48. The molecule has 0 amide bonds. The molecule has 0 spiro atoms. The second kappa shape index (κ2) is 9.71. The Labute approximate surface area is 208 Å². The Hall–Kier alpha value is -4.37. The van der Waals surface area contributed by atoms with Gasteiger partial charge >= 0.3 is 0 Å². The molecule has 1 aliphatic rings. The first-order valence-corrected chi connectivity index (χ1v) is 11.9. The van der Waals surface area contributed by atoms with Crippen molar-refractivity contribution in [2.45, 2.75) is 6.54 Å². The van der Waals surface area contributed by atoms with Gasteiger partial charge in [-0.3, -0.25) is 9.88 Å². The molecule has 1 fully saturated rings. The Morgan fingerprint density at radius 2 is 1.67 bits per heavy atom. The molecule has 9 nitrogen and oxygen atoms in total. The molecule has 9 heteroatoms. The standard InChI is InChI=1S/C27H25N7O2/c1-35-21-10-8-19(9-11-21)26-30-24(36-32-26)18-33-13-15-34(16-14-33)27-22-6-2-3-7-23(22)29-25(31-27)20-5-4-12-28-17-20/h2-12,17H,13-16,18H2,1H3. The highest BCUT2D eigenvalue weighted by Gasteiger charge is 2.23. The molecular weight excluding hydrogens is 454 g/mol. The zero-order valence-corrected chi connectivity index (χ0v) is 19.9. The molecule has 180 valence electrons. The predicted molar refractivity (Wildman–Crippen MR) is 137 cm³/mol. The first kappa shape index (κ1) is 22.1. The Morgan fingerprint density at radius 3 is 2.44 bits per heavy atom. The maximum absolute atomic E-state index is 5.54. The molecule has 3 aromatic heterocycles. The van der Waals surface area contributed by atoms with Crippen molar-refractivity contribution in [1.82, 2.24) is 30.0 Å². The number of hydrogen-bond donors (Lipinski definition) is 0. The topological polar surface area (TPSA) is 93.3 Å². The summed E-state index contributed by atoms with van der Waals surface area (Å²) in [6.07, 6.45) is 3.56. The van der Waals surface area contributed by atoms with Crippen molar-refractivity contribution >= 4 is 16.7 Å². The first-order valence-electron chi connectivity index (χ1n) is 11.9. The van der Waals surface area contributed by atoms with E-state index in [4.69, 9.17) is 19.2 Å². The van der Waals surface area contributed by atoms with Gasteiger partial charge in [0.25, 0.3) is 0 Å². The highest BCUT2D eigenvalue weighted by Crippen LogP contribution is 2.28. The Kier molecular flexibility index (Phi) is 5.96. The minimum atomic E-state index is 0.585. The summed E-state index contributed by atoms with van der Waals surface area (Å²) in [5.74, 6) is 3.64. The monoisotopic (exact) mass is 479 g/mol. The number of anilines is 1. The van der Waals surface area contributed by atoms with Crippen LogP contribution in [0.1, 0.15) is 5.89 Å². The molecule has 0 atom stereocenters. The lowest BCUT2D eigenvalue weighted by Gasteiger charge is -2.35. The number of pyridine rings is 1. The van der Waals surface area contributed by atoms with Gasteiger partial charge in [0, 0.05) is 55.1 Å². The molecule has 4 heterocycles. The molecule has 0 bridgehead atoms.